The van der Waals surface area contributed by atoms with E-state index in [2.05, 4.69) is 0 Å². The highest BCUT2D eigenvalue weighted by Crippen LogP contribution is 2.40. The lowest BCUT2D eigenvalue weighted by Crippen LogP contribution is -2.33. The maximum absolute atomic E-state index is 13.5. The zero-order chi connectivity index (χ0) is 22.2. The van der Waals surface area contributed by atoms with E-state index in [1.165, 1.54) is 4.90 Å². The second-order valence-corrected chi connectivity index (χ2v) is 7.73. The standard InChI is InChI=1S/C26H21NO5/c1-31-18-11-7-10-17(14-18)23-22-24(29)19-12-5-6-13-21(19)32-25(22)26(30)27(23)15-20(28)16-8-3-2-4-9-16/h2-14,20,23,28H,15H2,1H3/t20-,23+/m1/s1. The van der Waals surface area contributed by atoms with E-state index in [1.54, 1.807) is 55.6 Å². The number of β-amino-alcohol motifs (C(OH)–C–C–N with tert-alkyl or cyclic N) is 1. The van der Waals surface area contributed by atoms with E-state index in [1.807, 2.05) is 30.3 Å². The second kappa shape index (κ2) is 7.98. The van der Waals surface area contributed by atoms with Gasteiger partial charge in [0.15, 0.2) is 5.43 Å². The fourth-order valence-electron chi connectivity index (χ4n) is 4.28. The largest absolute Gasteiger partial charge is 0.497 e. The fourth-order valence-corrected chi connectivity index (χ4v) is 4.28. The normalized spacial score (nSPS) is 16.2. The first-order valence-corrected chi connectivity index (χ1v) is 10.3. The molecule has 0 saturated heterocycles. The van der Waals surface area contributed by atoms with E-state index >= 15 is 0 Å². The molecule has 2 heterocycles. The average Bonchev–Trinajstić information content (AvgIpc) is 3.11. The van der Waals surface area contributed by atoms with Gasteiger partial charge in [-0.25, -0.2) is 0 Å². The predicted octanol–water partition coefficient (Wildman–Crippen LogP) is 4.08. The van der Waals surface area contributed by atoms with Crippen molar-refractivity contribution in [1.82, 2.24) is 4.90 Å². The number of ether oxygens (including phenoxy) is 1. The van der Waals surface area contributed by atoms with Crippen LogP contribution in [0.2, 0.25) is 0 Å². The Morgan fingerprint density at radius 3 is 2.53 bits per heavy atom. The van der Waals surface area contributed by atoms with Gasteiger partial charge in [-0.3, -0.25) is 9.59 Å². The minimum absolute atomic E-state index is 0.00467. The predicted molar refractivity (Wildman–Crippen MR) is 120 cm³/mol. The number of amides is 1. The Labute approximate surface area is 184 Å². The number of aliphatic hydroxyl groups excluding tert-OH is 1. The molecule has 32 heavy (non-hydrogen) atoms. The van der Waals surface area contributed by atoms with Gasteiger partial charge in [0.1, 0.15) is 11.3 Å². The third kappa shape index (κ3) is 3.25. The Morgan fingerprint density at radius 1 is 1.00 bits per heavy atom. The summed E-state index contributed by atoms with van der Waals surface area (Å²) in [6.07, 6.45) is -0.924. The minimum Gasteiger partial charge on any atom is -0.497 e. The van der Waals surface area contributed by atoms with Crippen molar-refractivity contribution in [3.05, 3.63) is 112 Å². The van der Waals surface area contributed by atoms with E-state index in [-0.39, 0.29) is 23.3 Å². The quantitative estimate of drug-likeness (QED) is 0.519. The van der Waals surface area contributed by atoms with Crippen molar-refractivity contribution in [3.8, 4) is 5.75 Å². The van der Waals surface area contributed by atoms with Crippen molar-refractivity contribution in [2.24, 2.45) is 0 Å². The molecule has 1 aliphatic rings. The highest BCUT2D eigenvalue weighted by atomic mass is 16.5. The third-order valence-corrected chi connectivity index (χ3v) is 5.84. The van der Waals surface area contributed by atoms with Gasteiger partial charge < -0.3 is 19.2 Å². The van der Waals surface area contributed by atoms with Gasteiger partial charge in [-0.2, -0.15) is 0 Å². The highest BCUT2D eigenvalue weighted by Gasteiger charge is 2.43. The number of nitrogens with zero attached hydrogens (tertiary/aromatic N) is 1. The van der Waals surface area contributed by atoms with Crippen LogP contribution >= 0.6 is 0 Å². The Balaban J connectivity index is 1.68. The maximum atomic E-state index is 13.5. The number of fused-ring (bicyclic) bond motifs is 2. The van der Waals surface area contributed by atoms with Crippen LogP contribution < -0.4 is 10.2 Å². The summed E-state index contributed by atoms with van der Waals surface area (Å²) in [7, 11) is 1.56. The third-order valence-electron chi connectivity index (χ3n) is 5.84. The molecule has 0 saturated carbocycles. The highest BCUT2D eigenvalue weighted by molar-refractivity contribution is 5.99. The van der Waals surface area contributed by atoms with Crippen molar-refractivity contribution in [2.75, 3.05) is 13.7 Å². The SMILES string of the molecule is COc1cccc([C@H]2c3c(oc4ccccc4c3=O)C(=O)N2C[C@@H](O)c2ccccc2)c1. The molecule has 0 bridgehead atoms. The summed E-state index contributed by atoms with van der Waals surface area (Å²) in [5, 5.41) is 11.3. The van der Waals surface area contributed by atoms with Crippen LogP contribution in [0.4, 0.5) is 0 Å². The molecule has 1 aromatic heterocycles. The first-order chi connectivity index (χ1) is 15.6. The van der Waals surface area contributed by atoms with E-state index in [0.717, 1.165) is 0 Å². The van der Waals surface area contributed by atoms with Gasteiger partial charge in [0.2, 0.25) is 5.76 Å². The molecule has 2 atom stereocenters. The monoisotopic (exact) mass is 427 g/mol. The maximum Gasteiger partial charge on any atom is 0.291 e. The van der Waals surface area contributed by atoms with Crippen LogP contribution in [-0.2, 0) is 0 Å². The number of carbonyl (C=O) groups is 1. The molecule has 1 amide bonds. The number of aliphatic hydroxyl groups is 1. The summed E-state index contributed by atoms with van der Waals surface area (Å²) >= 11 is 0. The topological polar surface area (TPSA) is 80.0 Å². The van der Waals surface area contributed by atoms with Crippen LogP contribution in [-0.4, -0.2) is 29.6 Å². The van der Waals surface area contributed by atoms with Crippen molar-refractivity contribution in [2.45, 2.75) is 12.1 Å². The molecule has 0 aliphatic carbocycles. The molecular weight excluding hydrogens is 406 g/mol. The molecule has 1 aliphatic heterocycles. The van der Waals surface area contributed by atoms with Crippen LogP contribution in [0.15, 0.2) is 88.1 Å². The molecule has 5 rings (SSSR count). The van der Waals surface area contributed by atoms with Crippen LogP contribution in [0.3, 0.4) is 0 Å². The number of para-hydroxylation sites is 1. The van der Waals surface area contributed by atoms with Crippen LogP contribution in [0, 0.1) is 0 Å². The van der Waals surface area contributed by atoms with Crippen molar-refractivity contribution in [1.29, 1.82) is 0 Å². The Morgan fingerprint density at radius 2 is 1.75 bits per heavy atom. The number of hydrogen-bond donors (Lipinski definition) is 1. The van der Waals surface area contributed by atoms with Crippen molar-refractivity contribution in [3.63, 3.8) is 0 Å². The van der Waals surface area contributed by atoms with Gasteiger partial charge >= 0.3 is 0 Å². The molecular formula is C26H21NO5. The van der Waals surface area contributed by atoms with Gasteiger partial charge in [0.05, 0.1) is 36.8 Å². The number of hydrogen-bond acceptors (Lipinski definition) is 5. The zero-order valence-corrected chi connectivity index (χ0v) is 17.4. The Kier molecular flexibility index (Phi) is 4.99. The van der Waals surface area contributed by atoms with Gasteiger partial charge in [-0.1, -0.05) is 54.6 Å². The number of benzene rings is 3. The average molecular weight is 427 g/mol. The van der Waals surface area contributed by atoms with Crippen molar-refractivity contribution < 1.29 is 19.1 Å². The Hall–Kier alpha value is -3.90. The van der Waals surface area contributed by atoms with E-state index in [0.29, 0.717) is 27.8 Å². The molecule has 160 valence electrons. The van der Waals surface area contributed by atoms with Crippen LogP contribution in [0.25, 0.3) is 11.0 Å². The lowest BCUT2D eigenvalue weighted by Gasteiger charge is -2.27. The smallest absolute Gasteiger partial charge is 0.291 e. The van der Waals surface area contributed by atoms with Crippen LogP contribution in [0.5, 0.6) is 5.75 Å². The lowest BCUT2D eigenvalue weighted by molar-refractivity contribution is 0.0583. The van der Waals surface area contributed by atoms with Gasteiger partial charge in [-0.15, -0.1) is 0 Å². The number of carbonyl (C=O) groups excluding carboxylic acids is 1. The van der Waals surface area contributed by atoms with E-state index in [4.69, 9.17) is 9.15 Å². The summed E-state index contributed by atoms with van der Waals surface area (Å²) in [5.74, 6) is 0.199. The van der Waals surface area contributed by atoms with E-state index in [9.17, 15) is 14.7 Å². The molecule has 0 fully saturated rings. The molecule has 1 N–H and O–H groups in total. The number of rotatable bonds is 5. The molecule has 4 aromatic rings. The second-order valence-electron chi connectivity index (χ2n) is 7.73. The van der Waals surface area contributed by atoms with E-state index < -0.39 is 18.1 Å². The zero-order valence-electron chi connectivity index (χ0n) is 17.4. The molecule has 0 radical (unpaired) electrons. The molecule has 0 spiro atoms. The summed E-state index contributed by atoms with van der Waals surface area (Å²) in [6.45, 7) is 0.00467. The van der Waals surface area contributed by atoms with Gasteiger partial charge in [0, 0.05) is 0 Å². The first-order valence-electron chi connectivity index (χ1n) is 10.3. The summed E-state index contributed by atoms with van der Waals surface area (Å²) in [5.41, 5.74) is 1.78. The summed E-state index contributed by atoms with van der Waals surface area (Å²) < 4.78 is 11.3. The lowest BCUT2D eigenvalue weighted by atomic mass is 9.98. The Bertz CT molecular complexity index is 1360. The molecule has 6 heteroatoms. The summed E-state index contributed by atoms with van der Waals surface area (Å²) in [6, 6.07) is 22.6. The number of methoxy groups -OCH3 is 1. The first kappa shape index (κ1) is 20.0. The fraction of sp³-hybridized carbons (Fsp3) is 0.154. The molecule has 0 unspecified atom stereocenters. The van der Waals surface area contributed by atoms with Crippen LogP contribution in [0.1, 0.15) is 39.4 Å². The molecule has 6 nitrogen and oxygen atoms in total. The van der Waals surface area contributed by atoms with Gasteiger partial charge in [0.25, 0.3) is 5.91 Å². The van der Waals surface area contributed by atoms with Crippen molar-refractivity contribution >= 4 is 16.9 Å². The van der Waals surface area contributed by atoms with Gasteiger partial charge in [-0.05, 0) is 35.4 Å². The minimum atomic E-state index is -0.924. The molecule has 3 aromatic carbocycles. The summed E-state index contributed by atoms with van der Waals surface area (Å²) in [4.78, 5) is 28.4.